The van der Waals surface area contributed by atoms with E-state index in [1.807, 2.05) is 36.4 Å². The summed E-state index contributed by atoms with van der Waals surface area (Å²) in [6, 6.07) is 13.7. The first kappa shape index (κ1) is 59.7. The van der Waals surface area contributed by atoms with E-state index in [4.69, 9.17) is 4.74 Å². The van der Waals surface area contributed by atoms with Crippen molar-refractivity contribution < 1.29 is 84.3 Å². The van der Waals surface area contributed by atoms with Gasteiger partial charge in [-0.3, -0.25) is 33.6 Å². The standard InChI is InChI=1S/C56H65N7O17/c1-27-25-63-45(46(27)69)54(77)61-52(75)41(68)24-39(57-49(72)35-15-13-33(14-16-35)32-11-7-30(8-12-32)5-6-31-9-21-38(80-4)22-10-31)50(73)58-42(28(2)64)55(78)62-26-37(67)23-40(62)51(74)60-44(53(76)59-43(29(3)65)56(63)79)48(71)47(70)34-17-19-36(66)20-18-34/h7-22,27-29,37,39-48,52,64-71,75H,23-26H2,1-4H3,(H,57,72)(H,58,73)(H,59,76)(H,60,74)(H,61,77)/t27-,28+,29+,37+,39-,40-,41+,42-,43-,44-,45-,46-,47-,48-,52-/m0/s1. The van der Waals surface area contributed by atoms with E-state index in [2.05, 4.69) is 38.4 Å². The zero-order valence-corrected chi connectivity index (χ0v) is 43.9. The topological polar surface area (TPSA) is 377 Å². The fraction of sp³-hybridized carbons (Fsp3) is 0.411. The Morgan fingerprint density at radius 2 is 1.16 bits per heavy atom. The molecule has 0 unspecified atom stereocenters. The van der Waals surface area contributed by atoms with Crippen LogP contribution in [0.2, 0.25) is 0 Å². The lowest BCUT2D eigenvalue weighted by Crippen LogP contribution is -2.64. The first-order valence-electron chi connectivity index (χ1n) is 25.7. The molecule has 3 aliphatic heterocycles. The molecule has 3 heterocycles. The predicted octanol–water partition coefficient (Wildman–Crippen LogP) is -2.75. The van der Waals surface area contributed by atoms with Crippen LogP contribution in [0, 0.1) is 17.8 Å². The van der Waals surface area contributed by atoms with Gasteiger partial charge in [-0.25, -0.2) is 0 Å². The van der Waals surface area contributed by atoms with Crippen LogP contribution in [0.1, 0.15) is 66.8 Å². The molecule has 80 heavy (non-hydrogen) atoms. The monoisotopic (exact) mass is 1110 g/mol. The highest BCUT2D eigenvalue weighted by Gasteiger charge is 2.50. The van der Waals surface area contributed by atoms with Crippen LogP contribution < -0.4 is 31.3 Å². The minimum Gasteiger partial charge on any atom is -0.508 e. The van der Waals surface area contributed by atoms with Gasteiger partial charge >= 0.3 is 0 Å². The average Bonchev–Trinajstić information content (AvgIpc) is 3.99. The van der Waals surface area contributed by atoms with Crippen molar-refractivity contribution in [1.29, 1.82) is 0 Å². The number of amides is 7. The van der Waals surface area contributed by atoms with Gasteiger partial charge in [0, 0.05) is 48.5 Å². The second kappa shape index (κ2) is 25.9. The zero-order chi connectivity index (χ0) is 58.3. The maximum Gasteiger partial charge on any atom is 0.251 e. The van der Waals surface area contributed by atoms with E-state index in [9.17, 15) is 79.5 Å². The summed E-state index contributed by atoms with van der Waals surface area (Å²) in [4.78, 5) is 101. The number of benzene rings is 4. The number of fused-ring (bicyclic) bond motifs is 2. The smallest absolute Gasteiger partial charge is 0.251 e. The maximum atomic E-state index is 14.4. The Morgan fingerprint density at radius 1 is 0.637 bits per heavy atom. The van der Waals surface area contributed by atoms with Crippen molar-refractivity contribution in [3.05, 3.63) is 119 Å². The second-order valence-electron chi connectivity index (χ2n) is 20.2. The highest BCUT2D eigenvalue weighted by molar-refractivity contribution is 6.00. The molecule has 3 fully saturated rings. The van der Waals surface area contributed by atoms with Crippen molar-refractivity contribution in [2.75, 3.05) is 20.2 Å². The Labute approximate surface area is 459 Å². The summed E-state index contributed by atoms with van der Waals surface area (Å²) in [6.07, 6.45) is -16.8. The lowest BCUT2D eigenvalue weighted by atomic mass is 9.96. The van der Waals surface area contributed by atoms with E-state index < -0.39 is 152 Å². The highest BCUT2D eigenvalue weighted by Crippen LogP contribution is 2.28. The zero-order valence-electron chi connectivity index (χ0n) is 43.9. The molecule has 0 saturated carbocycles. The van der Waals surface area contributed by atoms with Gasteiger partial charge in [0.05, 0.1) is 31.5 Å². The maximum absolute atomic E-state index is 14.4. The number of methoxy groups -OCH3 is 1. The number of carbonyl (C=O) groups excluding carboxylic acids is 7. The van der Waals surface area contributed by atoms with Gasteiger partial charge in [-0.1, -0.05) is 55.2 Å². The Kier molecular flexibility index (Phi) is 19.3. The van der Waals surface area contributed by atoms with E-state index in [-0.39, 0.29) is 23.4 Å². The number of phenolic OH excluding ortho intramolecular Hbond substituents is 1. The molecule has 0 aromatic heterocycles. The SMILES string of the molecule is COc1ccc(C#Cc2ccc(-c3ccc(C(=O)N[C@H]4C[C@@H](O)[C@H](O)NC(=O)[C@@H]5[C@@H](O)[C@@H](C)CN5C(=O)[C@H]([C@@H](C)O)NC(=O)[C@H]([C@H](O)[C@@H](O)c5ccc(O)cc5)NC(=O)[C@@H]5C[C@@H](O)CN5C(=O)[C@H]([C@@H](C)O)NC4=O)cc3)cc2)cc1. The van der Waals surface area contributed by atoms with Gasteiger partial charge in [0.25, 0.3) is 5.91 Å². The molecule has 4 aromatic rings. The van der Waals surface area contributed by atoms with Crippen LogP contribution in [-0.2, 0) is 28.8 Å². The molecule has 24 nitrogen and oxygen atoms in total. The summed E-state index contributed by atoms with van der Waals surface area (Å²) in [6.45, 7) is 2.67. The number of aliphatic hydroxyl groups excluding tert-OH is 8. The van der Waals surface area contributed by atoms with E-state index in [1.54, 1.807) is 31.4 Å². The molecule has 15 atom stereocenters. The molecule has 7 amide bonds. The molecule has 3 aliphatic rings. The molecule has 426 valence electrons. The Bertz CT molecular complexity index is 2950. The minimum absolute atomic E-state index is 0.00568. The van der Waals surface area contributed by atoms with Gasteiger partial charge in [-0.05, 0) is 91.2 Å². The molecule has 0 aliphatic carbocycles. The van der Waals surface area contributed by atoms with Crippen molar-refractivity contribution in [1.82, 2.24) is 36.4 Å². The Hall–Kier alpha value is -7.99. The molecular formula is C56H65N7O17. The number of aliphatic hydroxyl groups is 8. The fourth-order valence-electron chi connectivity index (χ4n) is 9.64. The number of phenols is 1. The summed E-state index contributed by atoms with van der Waals surface area (Å²) in [5.41, 5.74) is 2.88. The van der Waals surface area contributed by atoms with Gasteiger partial charge in [0.15, 0.2) is 6.23 Å². The molecule has 3 saturated heterocycles. The molecule has 0 spiro atoms. The average molecular weight is 1110 g/mol. The van der Waals surface area contributed by atoms with Crippen LogP contribution in [0.3, 0.4) is 0 Å². The Morgan fingerprint density at radius 3 is 1.73 bits per heavy atom. The van der Waals surface area contributed by atoms with Crippen LogP contribution in [-0.4, -0.2) is 196 Å². The van der Waals surface area contributed by atoms with Crippen LogP contribution in [0.25, 0.3) is 11.1 Å². The third kappa shape index (κ3) is 13.9. The first-order chi connectivity index (χ1) is 37.9. The first-order valence-corrected chi connectivity index (χ1v) is 25.7. The molecule has 24 heteroatoms. The molecule has 7 rings (SSSR count). The van der Waals surface area contributed by atoms with Crippen molar-refractivity contribution in [2.45, 2.75) is 119 Å². The number of nitrogens with zero attached hydrogens (tertiary/aromatic N) is 2. The van der Waals surface area contributed by atoms with E-state index in [0.717, 1.165) is 52.5 Å². The molecular weight excluding hydrogens is 1040 g/mol. The lowest BCUT2D eigenvalue weighted by molar-refractivity contribution is -0.148. The van der Waals surface area contributed by atoms with Gasteiger partial charge in [0.2, 0.25) is 35.4 Å². The summed E-state index contributed by atoms with van der Waals surface area (Å²) < 4.78 is 5.19. The number of nitrogens with one attached hydrogen (secondary N) is 5. The number of rotatable bonds is 9. The summed E-state index contributed by atoms with van der Waals surface area (Å²) in [5.74, 6) is -2.62. The van der Waals surface area contributed by atoms with Crippen LogP contribution in [0.15, 0.2) is 97.1 Å². The van der Waals surface area contributed by atoms with Crippen molar-refractivity contribution in [3.63, 3.8) is 0 Å². The van der Waals surface area contributed by atoms with Gasteiger partial charge in [-0.2, -0.15) is 0 Å². The number of ether oxygens (including phenoxy) is 1. The fourth-order valence-corrected chi connectivity index (χ4v) is 9.64. The van der Waals surface area contributed by atoms with Crippen LogP contribution >= 0.6 is 0 Å². The molecule has 0 radical (unpaired) electrons. The minimum atomic E-state index is -2.30. The van der Waals surface area contributed by atoms with Gasteiger partial charge in [0.1, 0.15) is 66.1 Å². The van der Waals surface area contributed by atoms with Crippen molar-refractivity contribution in [2.24, 2.45) is 5.92 Å². The van der Waals surface area contributed by atoms with Crippen LogP contribution in [0.5, 0.6) is 11.5 Å². The van der Waals surface area contributed by atoms with E-state index in [1.165, 1.54) is 31.2 Å². The summed E-state index contributed by atoms with van der Waals surface area (Å²) in [7, 11) is 1.57. The normalized spacial score (nSPS) is 27.7. The molecule has 14 N–H and O–H groups in total. The summed E-state index contributed by atoms with van der Waals surface area (Å²) in [5, 5.41) is 111. The quantitative estimate of drug-likeness (QED) is 0.0756. The number of hydrogen-bond donors (Lipinski definition) is 14. The predicted molar refractivity (Wildman–Crippen MR) is 282 cm³/mol. The third-order valence-electron chi connectivity index (χ3n) is 14.3. The Balaban J connectivity index is 1.19. The van der Waals surface area contributed by atoms with Crippen molar-refractivity contribution >= 4 is 41.4 Å². The lowest BCUT2D eigenvalue weighted by Gasteiger charge is -2.34. The molecule has 0 bridgehead atoms. The number of hydrogen-bond acceptors (Lipinski definition) is 17. The largest absolute Gasteiger partial charge is 0.508 e. The number of carbonyl (C=O) groups is 7. The van der Waals surface area contributed by atoms with E-state index in [0.29, 0.717) is 11.3 Å². The molecule has 4 aromatic carbocycles. The van der Waals surface area contributed by atoms with Crippen LogP contribution in [0.4, 0.5) is 0 Å². The third-order valence-corrected chi connectivity index (χ3v) is 14.3. The van der Waals surface area contributed by atoms with Crippen molar-refractivity contribution in [3.8, 4) is 34.5 Å². The summed E-state index contributed by atoms with van der Waals surface area (Å²) >= 11 is 0. The second-order valence-corrected chi connectivity index (χ2v) is 20.2. The number of aromatic hydroxyl groups is 1. The van der Waals surface area contributed by atoms with E-state index >= 15 is 0 Å². The van der Waals surface area contributed by atoms with Gasteiger partial charge in [-0.15, -0.1) is 0 Å². The highest BCUT2D eigenvalue weighted by atomic mass is 16.5. The van der Waals surface area contributed by atoms with Gasteiger partial charge < -0.3 is 87.1 Å².